The fourth-order valence-corrected chi connectivity index (χ4v) is 3.75. The molecular weight excluding hydrogens is 380 g/mol. The third-order valence-electron chi connectivity index (χ3n) is 4.89. The largest absolute Gasteiger partial charge is 0.454 e. The first-order valence-electron chi connectivity index (χ1n) is 8.70. The topological polar surface area (TPSA) is 103 Å². The Balaban J connectivity index is 1.92. The van der Waals surface area contributed by atoms with Crippen molar-refractivity contribution in [2.24, 2.45) is 10.8 Å². The van der Waals surface area contributed by atoms with Gasteiger partial charge in [0.2, 0.25) is 6.79 Å². The van der Waals surface area contributed by atoms with Crippen molar-refractivity contribution in [1.29, 1.82) is 0 Å². The third-order valence-corrected chi connectivity index (χ3v) is 5.07. The minimum Gasteiger partial charge on any atom is -0.454 e. The summed E-state index contributed by atoms with van der Waals surface area (Å²) >= 11 is 5.19. The highest BCUT2D eigenvalue weighted by Crippen LogP contribution is 2.38. The molecule has 0 aliphatic carbocycles. The molecule has 4 rings (SSSR count). The van der Waals surface area contributed by atoms with Gasteiger partial charge in [-0.05, 0) is 62.3 Å². The van der Waals surface area contributed by atoms with Gasteiger partial charge in [-0.25, -0.2) is 5.01 Å². The summed E-state index contributed by atoms with van der Waals surface area (Å²) in [5, 5.41) is 17.7. The summed E-state index contributed by atoms with van der Waals surface area (Å²) in [7, 11) is 0. The van der Waals surface area contributed by atoms with E-state index in [1.54, 1.807) is 24.1 Å². The maximum atomic E-state index is 11.2. The van der Waals surface area contributed by atoms with Crippen LogP contribution in [0.5, 0.6) is 11.5 Å². The van der Waals surface area contributed by atoms with Crippen LogP contribution < -0.4 is 15.2 Å². The normalized spacial score (nSPS) is 17.6. The monoisotopic (exact) mass is 398 g/mol. The molecule has 2 N–H and O–H groups in total. The summed E-state index contributed by atoms with van der Waals surface area (Å²) in [6, 6.07) is 8.70. The Morgan fingerprint density at radius 1 is 1.32 bits per heavy atom. The lowest BCUT2D eigenvalue weighted by atomic mass is 9.93. The van der Waals surface area contributed by atoms with E-state index >= 15 is 0 Å². The maximum Gasteiger partial charge on any atom is 0.272 e. The number of hydrogen-bond acceptors (Lipinski definition) is 6. The molecule has 0 saturated carbocycles. The van der Waals surface area contributed by atoms with E-state index < -0.39 is 4.92 Å². The van der Waals surface area contributed by atoms with Gasteiger partial charge in [-0.2, -0.15) is 5.10 Å². The molecule has 28 heavy (non-hydrogen) atoms. The Bertz CT molecular complexity index is 1040. The van der Waals surface area contributed by atoms with Gasteiger partial charge in [0.25, 0.3) is 5.69 Å². The molecule has 2 aliphatic heterocycles. The number of fused-ring (bicyclic) bond motifs is 2. The second-order valence-corrected chi connectivity index (χ2v) is 7.22. The van der Waals surface area contributed by atoms with Crippen molar-refractivity contribution in [3.8, 4) is 11.5 Å². The van der Waals surface area contributed by atoms with E-state index in [-0.39, 0.29) is 23.6 Å². The average Bonchev–Trinajstić information content (AvgIpc) is 3.02. The lowest BCUT2D eigenvalue weighted by Crippen LogP contribution is -2.38. The van der Waals surface area contributed by atoms with Crippen LogP contribution >= 0.6 is 12.2 Å². The lowest BCUT2D eigenvalue weighted by Gasteiger charge is -2.23. The molecule has 0 fully saturated rings. The fraction of sp³-hybridized carbons (Fsp3) is 0.263. The zero-order valence-corrected chi connectivity index (χ0v) is 16.2. The molecule has 144 valence electrons. The Kier molecular flexibility index (Phi) is 4.38. The van der Waals surface area contributed by atoms with Gasteiger partial charge in [-0.1, -0.05) is 0 Å². The van der Waals surface area contributed by atoms with E-state index in [1.165, 1.54) is 6.07 Å². The van der Waals surface area contributed by atoms with Gasteiger partial charge < -0.3 is 15.2 Å². The van der Waals surface area contributed by atoms with Crippen LogP contribution in [0.25, 0.3) is 0 Å². The van der Waals surface area contributed by atoms with Crippen LogP contribution in [0.4, 0.5) is 5.69 Å². The van der Waals surface area contributed by atoms with Crippen molar-refractivity contribution in [2.75, 3.05) is 6.79 Å². The van der Waals surface area contributed by atoms with Crippen LogP contribution in [0.15, 0.2) is 35.4 Å². The van der Waals surface area contributed by atoms with Crippen LogP contribution in [-0.2, 0) is 6.42 Å². The SMILES string of the molecule is Cc1cc(C2=NN(C(N)=S)C(C)Cc3cc4c(cc32)OCO4)ccc1[N+](=O)[O-]. The number of hydrogen-bond donors (Lipinski definition) is 1. The number of hydrazone groups is 1. The molecule has 0 spiro atoms. The molecule has 0 radical (unpaired) electrons. The summed E-state index contributed by atoms with van der Waals surface area (Å²) in [4.78, 5) is 10.8. The van der Waals surface area contributed by atoms with E-state index in [0.717, 1.165) is 16.7 Å². The van der Waals surface area contributed by atoms with Gasteiger partial charge in [-0.3, -0.25) is 10.1 Å². The molecule has 1 atom stereocenters. The van der Waals surface area contributed by atoms with Crippen molar-refractivity contribution in [1.82, 2.24) is 5.01 Å². The first-order valence-corrected chi connectivity index (χ1v) is 9.11. The number of ether oxygens (including phenoxy) is 2. The van der Waals surface area contributed by atoms with Gasteiger partial charge in [0.1, 0.15) is 0 Å². The third kappa shape index (κ3) is 3.03. The average molecular weight is 398 g/mol. The predicted molar refractivity (Wildman–Crippen MR) is 108 cm³/mol. The van der Waals surface area contributed by atoms with Gasteiger partial charge in [0.15, 0.2) is 16.6 Å². The van der Waals surface area contributed by atoms with E-state index in [9.17, 15) is 10.1 Å². The van der Waals surface area contributed by atoms with Crippen molar-refractivity contribution in [3.63, 3.8) is 0 Å². The smallest absolute Gasteiger partial charge is 0.272 e. The summed E-state index contributed by atoms with van der Waals surface area (Å²) in [6.07, 6.45) is 0.655. The van der Waals surface area contributed by atoms with Crippen LogP contribution in [0.3, 0.4) is 0 Å². The standard InChI is InChI=1S/C19H18N4O4S/c1-10-5-12(3-4-15(10)23(24)25)18-14-8-17-16(26-9-27-17)7-13(14)6-11(2)22(21-18)19(20)28/h3-5,7-8,11H,6,9H2,1-2H3,(H2,20,28). The zero-order chi connectivity index (χ0) is 20.0. The number of benzene rings is 2. The van der Waals surface area contributed by atoms with Crippen molar-refractivity contribution in [2.45, 2.75) is 26.3 Å². The number of nitrogens with zero attached hydrogens (tertiary/aromatic N) is 3. The highest BCUT2D eigenvalue weighted by Gasteiger charge is 2.28. The highest BCUT2D eigenvalue weighted by molar-refractivity contribution is 7.80. The number of nitro benzene ring substituents is 1. The molecule has 1 unspecified atom stereocenters. The lowest BCUT2D eigenvalue weighted by molar-refractivity contribution is -0.385. The summed E-state index contributed by atoms with van der Waals surface area (Å²) in [5.74, 6) is 1.33. The van der Waals surface area contributed by atoms with Crippen molar-refractivity contribution in [3.05, 3.63) is 62.7 Å². The van der Waals surface area contributed by atoms with Crippen LogP contribution in [-0.4, -0.2) is 33.6 Å². The number of rotatable bonds is 2. The Hall–Kier alpha value is -3.20. The molecule has 0 saturated heterocycles. The number of thiocarbonyl (C=S) groups is 1. The summed E-state index contributed by atoms with van der Waals surface area (Å²) < 4.78 is 11.1. The molecule has 2 aromatic rings. The van der Waals surface area contributed by atoms with E-state index in [0.29, 0.717) is 29.2 Å². The quantitative estimate of drug-likeness (QED) is 0.471. The maximum absolute atomic E-state index is 11.2. The minimum absolute atomic E-state index is 0.0588. The molecule has 0 aromatic heterocycles. The minimum atomic E-state index is -0.399. The number of nitrogens with two attached hydrogens (primary N) is 1. The van der Waals surface area contributed by atoms with Gasteiger partial charge in [-0.15, -0.1) is 0 Å². The molecule has 0 bridgehead atoms. The van der Waals surface area contributed by atoms with Gasteiger partial charge >= 0.3 is 0 Å². The predicted octanol–water partition coefficient (Wildman–Crippen LogP) is 2.87. The summed E-state index contributed by atoms with van der Waals surface area (Å²) in [6.45, 7) is 3.87. The fourth-order valence-electron chi connectivity index (χ4n) is 3.53. The van der Waals surface area contributed by atoms with E-state index in [2.05, 4.69) is 0 Å². The number of nitro groups is 1. The van der Waals surface area contributed by atoms with Crippen molar-refractivity contribution >= 4 is 28.7 Å². The van der Waals surface area contributed by atoms with Gasteiger partial charge in [0, 0.05) is 22.8 Å². The Morgan fingerprint density at radius 2 is 2.04 bits per heavy atom. The summed E-state index contributed by atoms with van der Waals surface area (Å²) in [5.41, 5.74) is 9.76. The molecule has 0 amide bonds. The molecule has 2 aromatic carbocycles. The van der Waals surface area contributed by atoms with Crippen LogP contribution in [0.1, 0.15) is 29.2 Å². The zero-order valence-electron chi connectivity index (χ0n) is 15.3. The van der Waals surface area contributed by atoms with Gasteiger partial charge in [0.05, 0.1) is 16.7 Å². The molecule has 9 heteroatoms. The first-order chi connectivity index (χ1) is 13.3. The first kappa shape index (κ1) is 18.2. The molecular formula is C19H18N4O4S. The molecule has 8 nitrogen and oxygen atoms in total. The number of aryl methyl sites for hydroxylation is 1. The van der Waals surface area contributed by atoms with E-state index in [4.69, 9.17) is 32.5 Å². The molecule has 2 heterocycles. The molecule has 2 aliphatic rings. The second-order valence-electron chi connectivity index (χ2n) is 6.81. The van der Waals surface area contributed by atoms with Crippen LogP contribution in [0.2, 0.25) is 0 Å². The van der Waals surface area contributed by atoms with E-state index in [1.807, 2.05) is 19.1 Å². The second kappa shape index (κ2) is 6.75. The Morgan fingerprint density at radius 3 is 2.68 bits per heavy atom. The van der Waals surface area contributed by atoms with Crippen LogP contribution in [0, 0.1) is 17.0 Å². The Labute approximate surface area is 166 Å². The van der Waals surface area contributed by atoms with Crippen molar-refractivity contribution < 1.29 is 14.4 Å². The highest BCUT2D eigenvalue weighted by atomic mass is 32.1.